The summed E-state index contributed by atoms with van der Waals surface area (Å²) in [6.45, 7) is 6.78. The highest BCUT2D eigenvalue weighted by Crippen LogP contribution is 2.20. The van der Waals surface area contributed by atoms with Crippen molar-refractivity contribution in [3.8, 4) is 0 Å². The average molecular weight is 276 g/mol. The lowest BCUT2D eigenvalue weighted by molar-refractivity contribution is -0.144. The molecule has 1 unspecified atom stereocenters. The van der Waals surface area contributed by atoms with E-state index in [2.05, 4.69) is 12.2 Å². The summed E-state index contributed by atoms with van der Waals surface area (Å²) in [6, 6.07) is 0.0127. The lowest BCUT2D eigenvalue weighted by Gasteiger charge is -2.37. The highest BCUT2D eigenvalue weighted by atomic mass is 35.5. The topological polar surface area (TPSA) is 52.7 Å². The normalized spacial score (nSPS) is 27.9. The standard InChI is InChI=1S/C12H21N3O2.ClH/c1-9-8-13-5-7-14(9)12(17)11-4-3-6-15(11)10(2)16;/h9,11,13H,3-8H2,1-2H3;1H/t9-,11?;/m0./s1. The molecule has 0 aromatic rings. The largest absolute Gasteiger partial charge is 0.336 e. The number of amides is 2. The summed E-state index contributed by atoms with van der Waals surface area (Å²) < 4.78 is 0. The van der Waals surface area contributed by atoms with Gasteiger partial charge in [0.25, 0.3) is 0 Å². The Morgan fingerprint density at radius 2 is 1.94 bits per heavy atom. The average Bonchev–Trinajstić information content (AvgIpc) is 2.77. The zero-order valence-electron chi connectivity index (χ0n) is 11.0. The van der Waals surface area contributed by atoms with Gasteiger partial charge in [0.2, 0.25) is 11.8 Å². The van der Waals surface area contributed by atoms with Crippen molar-refractivity contribution < 1.29 is 9.59 Å². The van der Waals surface area contributed by atoms with Crippen LogP contribution in [0.1, 0.15) is 26.7 Å². The summed E-state index contributed by atoms with van der Waals surface area (Å²) in [5.41, 5.74) is 0. The molecule has 2 aliphatic heterocycles. The van der Waals surface area contributed by atoms with Crippen LogP contribution >= 0.6 is 12.4 Å². The predicted octanol–water partition coefficient (Wildman–Crippen LogP) is 0.239. The van der Waals surface area contributed by atoms with E-state index in [0.29, 0.717) is 0 Å². The van der Waals surface area contributed by atoms with Crippen molar-refractivity contribution in [3.05, 3.63) is 0 Å². The fraction of sp³-hybridized carbons (Fsp3) is 0.833. The number of halogens is 1. The summed E-state index contributed by atoms with van der Waals surface area (Å²) in [5, 5.41) is 3.27. The third-order valence-corrected chi connectivity index (χ3v) is 3.73. The van der Waals surface area contributed by atoms with E-state index in [9.17, 15) is 9.59 Å². The molecule has 104 valence electrons. The van der Waals surface area contributed by atoms with Gasteiger partial charge in [0, 0.05) is 39.1 Å². The van der Waals surface area contributed by atoms with Gasteiger partial charge in [-0.2, -0.15) is 0 Å². The number of rotatable bonds is 1. The first-order valence-electron chi connectivity index (χ1n) is 6.39. The summed E-state index contributed by atoms with van der Waals surface area (Å²) in [7, 11) is 0. The molecule has 0 aliphatic carbocycles. The van der Waals surface area contributed by atoms with E-state index in [0.717, 1.165) is 39.0 Å². The molecule has 2 atom stereocenters. The second kappa shape index (κ2) is 6.38. The molecule has 2 rings (SSSR count). The number of likely N-dealkylation sites (tertiary alicyclic amines) is 1. The van der Waals surface area contributed by atoms with Crippen molar-refractivity contribution in [1.82, 2.24) is 15.1 Å². The quantitative estimate of drug-likeness (QED) is 0.746. The maximum atomic E-state index is 12.4. The summed E-state index contributed by atoms with van der Waals surface area (Å²) in [6.07, 6.45) is 1.76. The van der Waals surface area contributed by atoms with Crippen LogP contribution in [0.4, 0.5) is 0 Å². The molecule has 0 aromatic carbocycles. The molecule has 18 heavy (non-hydrogen) atoms. The molecule has 0 radical (unpaired) electrons. The van der Waals surface area contributed by atoms with Crippen molar-refractivity contribution in [2.24, 2.45) is 0 Å². The van der Waals surface area contributed by atoms with Gasteiger partial charge >= 0.3 is 0 Å². The highest BCUT2D eigenvalue weighted by Gasteiger charge is 2.36. The molecule has 2 aliphatic rings. The molecule has 0 spiro atoms. The third kappa shape index (κ3) is 2.95. The Morgan fingerprint density at radius 3 is 2.56 bits per heavy atom. The number of nitrogens with zero attached hydrogens (tertiary/aromatic N) is 2. The maximum absolute atomic E-state index is 12.4. The number of piperazine rings is 1. The SMILES string of the molecule is CC(=O)N1CCCC1C(=O)N1CCNC[C@@H]1C.Cl. The highest BCUT2D eigenvalue weighted by molar-refractivity contribution is 5.87. The second-order valence-corrected chi connectivity index (χ2v) is 4.96. The van der Waals surface area contributed by atoms with E-state index in [1.54, 1.807) is 11.8 Å². The minimum atomic E-state index is -0.215. The zero-order chi connectivity index (χ0) is 12.4. The van der Waals surface area contributed by atoms with Crippen LogP contribution in [-0.4, -0.2) is 59.9 Å². The number of hydrogen-bond donors (Lipinski definition) is 1. The van der Waals surface area contributed by atoms with E-state index in [1.165, 1.54) is 0 Å². The monoisotopic (exact) mass is 275 g/mol. The molecule has 2 heterocycles. The van der Waals surface area contributed by atoms with E-state index in [4.69, 9.17) is 0 Å². The van der Waals surface area contributed by atoms with Crippen LogP contribution in [0.3, 0.4) is 0 Å². The molecule has 0 saturated carbocycles. The van der Waals surface area contributed by atoms with Crippen molar-refractivity contribution >= 4 is 24.2 Å². The van der Waals surface area contributed by atoms with Crippen LogP contribution in [0.25, 0.3) is 0 Å². The van der Waals surface area contributed by atoms with Gasteiger partial charge in [0.05, 0.1) is 0 Å². The van der Waals surface area contributed by atoms with E-state index in [1.807, 2.05) is 4.90 Å². The van der Waals surface area contributed by atoms with E-state index < -0.39 is 0 Å². The van der Waals surface area contributed by atoms with Gasteiger partial charge in [-0.05, 0) is 19.8 Å². The molecule has 2 fully saturated rings. The van der Waals surface area contributed by atoms with Gasteiger partial charge in [-0.3, -0.25) is 9.59 Å². The van der Waals surface area contributed by atoms with Gasteiger partial charge in [-0.25, -0.2) is 0 Å². The van der Waals surface area contributed by atoms with E-state index in [-0.39, 0.29) is 36.3 Å². The molecule has 5 nitrogen and oxygen atoms in total. The van der Waals surface area contributed by atoms with Crippen LogP contribution in [0, 0.1) is 0 Å². The van der Waals surface area contributed by atoms with Crippen molar-refractivity contribution in [3.63, 3.8) is 0 Å². The number of carbonyl (C=O) groups excluding carboxylic acids is 2. The van der Waals surface area contributed by atoms with Crippen molar-refractivity contribution in [1.29, 1.82) is 0 Å². The fourth-order valence-electron chi connectivity index (χ4n) is 2.76. The second-order valence-electron chi connectivity index (χ2n) is 4.96. The Kier molecular flexibility index (Phi) is 5.41. The van der Waals surface area contributed by atoms with Crippen molar-refractivity contribution in [2.75, 3.05) is 26.2 Å². The Labute approximate surface area is 114 Å². The van der Waals surface area contributed by atoms with Crippen LogP contribution in [0.2, 0.25) is 0 Å². The van der Waals surface area contributed by atoms with Gasteiger partial charge < -0.3 is 15.1 Å². The van der Waals surface area contributed by atoms with Gasteiger partial charge in [0.1, 0.15) is 6.04 Å². The summed E-state index contributed by atoms with van der Waals surface area (Å²) >= 11 is 0. The number of carbonyl (C=O) groups is 2. The first-order valence-corrected chi connectivity index (χ1v) is 6.39. The first kappa shape index (κ1) is 15.2. The van der Waals surface area contributed by atoms with Gasteiger partial charge in [-0.15, -0.1) is 12.4 Å². The molecule has 1 N–H and O–H groups in total. The Morgan fingerprint density at radius 1 is 1.22 bits per heavy atom. The number of nitrogens with one attached hydrogen (secondary N) is 1. The fourth-order valence-corrected chi connectivity index (χ4v) is 2.76. The molecular formula is C12H22ClN3O2. The van der Waals surface area contributed by atoms with E-state index >= 15 is 0 Å². The third-order valence-electron chi connectivity index (χ3n) is 3.73. The van der Waals surface area contributed by atoms with Crippen LogP contribution < -0.4 is 5.32 Å². The van der Waals surface area contributed by atoms with Crippen LogP contribution in [0.5, 0.6) is 0 Å². The molecule has 0 aromatic heterocycles. The lowest BCUT2D eigenvalue weighted by Crippen LogP contribution is -2.57. The maximum Gasteiger partial charge on any atom is 0.245 e. The summed E-state index contributed by atoms with van der Waals surface area (Å²) in [5.74, 6) is 0.148. The first-order chi connectivity index (χ1) is 8.11. The number of hydrogen-bond acceptors (Lipinski definition) is 3. The van der Waals surface area contributed by atoms with Crippen LogP contribution in [0.15, 0.2) is 0 Å². The Bertz CT molecular complexity index is 324. The van der Waals surface area contributed by atoms with Crippen molar-refractivity contribution in [2.45, 2.75) is 38.8 Å². The molecule has 0 bridgehead atoms. The molecule has 2 amide bonds. The summed E-state index contributed by atoms with van der Waals surface area (Å²) in [4.78, 5) is 27.5. The lowest BCUT2D eigenvalue weighted by atomic mass is 10.1. The molecule has 6 heteroatoms. The predicted molar refractivity (Wildman–Crippen MR) is 71.7 cm³/mol. The molecule has 2 saturated heterocycles. The van der Waals surface area contributed by atoms with Gasteiger partial charge in [-0.1, -0.05) is 0 Å². The van der Waals surface area contributed by atoms with Gasteiger partial charge in [0.15, 0.2) is 0 Å². The molecular weight excluding hydrogens is 254 g/mol. The minimum absolute atomic E-state index is 0. The minimum Gasteiger partial charge on any atom is -0.336 e. The zero-order valence-corrected chi connectivity index (χ0v) is 11.8. The Hall–Kier alpha value is -0.810. The smallest absolute Gasteiger partial charge is 0.245 e. The Balaban J connectivity index is 0.00000162. The van der Waals surface area contributed by atoms with Crippen LogP contribution in [-0.2, 0) is 9.59 Å².